The molecule has 41 heavy (non-hydrogen) atoms. The topological polar surface area (TPSA) is 89.2 Å². The Kier molecular flexibility index (Phi) is 9.52. The van der Waals surface area contributed by atoms with Crippen molar-refractivity contribution < 1.29 is 18.8 Å². The normalized spacial score (nSPS) is 19.3. The van der Waals surface area contributed by atoms with Crippen molar-refractivity contribution in [2.75, 3.05) is 46.5 Å². The Labute approximate surface area is 243 Å². The minimum atomic E-state index is 0.0369. The molecular weight excluding hydrogens is 516 g/mol. The Bertz CT molecular complexity index is 1340. The van der Waals surface area contributed by atoms with Crippen molar-refractivity contribution in [2.45, 2.75) is 52.5 Å². The van der Waals surface area contributed by atoms with Gasteiger partial charge in [0.1, 0.15) is 11.5 Å². The van der Waals surface area contributed by atoms with E-state index in [9.17, 15) is 4.79 Å². The molecule has 5 rings (SSSR count). The fraction of sp³-hybridized carbons (Fsp3) is 0.485. The van der Waals surface area contributed by atoms with E-state index in [1.807, 2.05) is 13.8 Å². The summed E-state index contributed by atoms with van der Waals surface area (Å²) in [7, 11) is 1.69. The van der Waals surface area contributed by atoms with Crippen LogP contribution in [0.25, 0.3) is 11.1 Å². The van der Waals surface area contributed by atoms with E-state index in [1.54, 1.807) is 7.05 Å². The third kappa shape index (κ3) is 7.05. The van der Waals surface area contributed by atoms with Crippen molar-refractivity contribution in [1.82, 2.24) is 15.4 Å². The van der Waals surface area contributed by atoms with Crippen LogP contribution in [-0.4, -0.2) is 74.2 Å². The number of morpholine rings is 1. The zero-order chi connectivity index (χ0) is 28.8. The number of fused-ring (bicyclic) bond motifs is 1. The van der Waals surface area contributed by atoms with E-state index in [1.165, 1.54) is 5.56 Å². The molecule has 3 heterocycles. The summed E-state index contributed by atoms with van der Waals surface area (Å²) < 4.78 is 17.1. The molecule has 2 aliphatic rings. The van der Waals surface area contributed by atoms with Gasteiger partial charge < -0.3 is 19.3 Å². The molecule has 1 saturated heterocycles. The monoisotopic (exact) mass is 558 g/mol. The fourth-order valence-corrected chi connectivity index (χ4v) is 5.87. The van der Waals surface area contributed by atoms with Crippen molar-refractivity contribution in [2.24, 2.45) is 10.9 Å². The van der Waals surface area contributed by atoms with Gasteiger partial charge in [-0.05, 0) is 62.3 Å². The second-order valence-corrected chi connectivity index (χ2v) is 11.2. The van der Waals surface area contributed by atoms with Crippen molar-refractivity contribution in [3.63, 3.8) is 0 Å². The number of rotatable bonds is 10. The van der Waals surface area contributed by atoms with Gasteiger partial charge in [0, 0.05) is 49.8 Å². The Morgan fingerprint density at radius 1 is 1.10 bits per heavy atom. The number of hydrogen-bond acceptors (Lipinski definition) is 7. The molecule has 2 atom stereocenters. The van der Waals surface area contributed by atoms with Crippen molar-refractivity contribution in [1.29, 1.82) is 0 Å². The third-order valence-corrected chi connectivity index (χ3v) is 8.25. The van der Waals surface area contributed by atoms with Crippen molar-refractivity contribution >= 4 is 11.6 Å². The van der Waals surface area contributed by atoms with Gasteiger partial charge in [-0.25, -0.2) is 0 Å². The Balaban J connectivity index is 1.41. The van der Waals surface area contributed by atoms with Gasteiger partial charge in [0.2, 0.25) is 5.91 Å². The molecule has 2 unspecified atom stereocenters. The first-order valence-corrected chi connectivity index (χ1v) is 14.8. The molecule has 3 aromatic rings. The lowest BCUT2D eigenvalue weighted by Crippen LogP contribution is -2.37. The molecule has 8 nitrogen and oxygen atoms in total. The molecule has 0 radical (unpaired) electrons. The largest absolute Gasteiger partial charge is 0.494 e. The van der Waals surface area contributed by atoms with E-state index in [2.05, 4.69) is 64.8 Å². The maximum absolute atomic E-state index is 12.1. The molecule has 1 aromatic heterocycles. The summed E-state index contributed by atoms with van der Waals surface area (Å²) in [5.74, 6) is 2.03. The number of aliphatic imine (C=N–C) groups is 1. The quantitative estimate of drug-likeness (QED) is 0.353. The molecule has 8 heteroatoms. The summed E-state index contributed by atoms with van der Waals surface area (Å²) in [6.45, 7) is 11.4. The second-order valence-electron chi connectivity index (χ2n) is 11.2. The highest BCUT2D eigenvalue weighted by Crippen LogP contribution is 2.32. The van der Waals surface area contributed by atoms with E-state index < -0.39 is 0 Å². The highest BCUT2D eigenvalue weighted by Gasteiger charge is 2.26. The van der Waals surface area contributed by atoms with Gasteiger partial charge in [-0.2, -0.15) is 0 Å². The molecule has 0 aliphatic carbocycles. The third-order valence-electron chi connectivity index (χ3n) is 8.25. The molecule has 218 valence electrons. The predicted molar refractivity (Wildman–Crippen MR) is 161 cm³/mol. The molecule has 0 saturated carbocycles. The van der Waals surface area contributed by atoms with Gasteiger partial charge >= 0.3 is 0 Å². The average molecular weight is 559 g/mol. The van der Waals surface area contributed by atoms with Gasteiger partial charge in [-0.15, -0.1) is 0 Å². The van der Waals surface area contributed by atoms with E-state index in [4.69, 9.17) is 19.0 Å². The number of nitrogens with one attached hydrogen (secondary N) is 1. The minimum Gasteiger partial charge on any atom is -0.494 e. The maximum atomic E-state index is 12.1. The Morgan fingerprint density at radius 2 is 1.85 bits per heavy atom. The van der Waals surface area contributed by atoms with E-state index in [-0.39, 0.29) is 11.9 Å². The SMILES string of the molecule is CNC(=O)CCC1N=C(c2ccc(-c3c(C)noc3C)cc2)c2cc(OCCCN3CCOCC3)ccc2CC1C. The van der Waals surface area contributed by atoms with Gasteiger partial charge in [-0.3, -0.25) is 14.7 Å². The Morgan fingerprint density at radius 3 is 2.56 bits per heavy atom. The summed E-state index contributed by atoms with van der Waals surface area (Å²) >= 11 is 0. The number of amides is 1. The average Bonchev–Trinajstić information content (AvgIpc) is 3.26. The van der Waals surface area contributed by atoms with Crippen LogP contribution in [-0.2, 0) is 16.0 Å². The fourth-order valence-electron chi connectivity index (χ4n) is 5.87. The van der Waals surface area contributed by atoms with Crippen LogP contribution < -0.4 is 10.1 Å². The molecule has 1 amide bonds. The van der Waals surface area contributed by atoms with Crippen LogP contribution in [0.15, 0.2) is 52.0 Å². The summed E-state index contributed by atoms with van der Waals surface area (Å²) in [6, 6.07) is 15.0. The minimum absolute atomic E-state index is 0.0369. The molecule has 2 aromatic carbocycles. The zero-order valence-electron chi connectivity index (χ0n) is 24.7. The van der Waals surface area contributed by atoms with Crippen LogP contribution in [0.4, 0.5) is 0 Å². The molecule has 1 N–H and O–H groups in total. The van der Waals surface area contributed by atoms with Gasteiger partial charge in [-0.1, -0.05) is 42.4 Å². The lowest BCUT2D eigenvalue weighted by Gasteiger charge is -2.26. The number of benzene rings is 2. The van der Waals surface area contributed by atoms with E-state index >= 15 is 0 Å². The van der Waals surface area contributed by atoms with E-state index in [0.717, 1.165) is 90.9 Å². The van der Waals surface area contributed by atoms with Crippen LogP contribution in [0.2, 0.25) is 0 Å². The number of hydrogen-bond donors (Lipinski definition) is 1. The number of nitrogens with zero attached hydrogens (tertiary/aromatic N) is 3. The summed E-state index contributed by atoms with van der Waals surface area (Å²) in [5.41, 5.74) is 7.35. The summed E-state index contributed by atoms with van der Waals surface area (Å²) in [6.07, 6.45) is 3.04. The highest BCUT2D eigenvalue weighted by molar-refractivity contribution is 6.14. The number of carbonyl (C=O) groups excluding carboxylic acids is 1. The number of carbonyl (C=O) groups is 1. The molecular formula is C33H42N4O4. The zero-order valence-corrected chi connectivity index (χ0v) is 24.7. The first-order valence-electron chi connectivity index (χ1n) is 14.8. The number of aryl methyl sites for hydroxylation is 2. The van der Waals surface area contributed by atoms with Crippen molar-refractivity contribution in [3.05, 3.63) is 70.6 Å². The number of ether oxygens (including phenoxy) is 2. The van der Waals surface area contributed by atoms with Crippen LogP contribution in [0.1, 0.15) is 54.3 Å². The predicted octanol–water partition coefficient (Wildman–Crippen LogP) is 4.98. The van der Waals surface area contributed by atoms with Crippen LogP contribution in [0.5, 0.6) is 5.75 Å². The van der Waals surface area contributed by atoms with Crippen molar-refractivity contribution in [3.8, 4) is 16.9 Å². The molecule has 2 aliphatic heterocycles. The lowest BCUT2D eigenvalue weighted by molar-refractivity contribution is -0.120. The smallest absolute Gasteiger partial charge is 0.219 e. The maximum Gasteiger partial charge on any atom is 0.219 e. The van der Waals surface area contributed by atoms with Gasteiger partial charge in [0.15, 0.2) is 0 Å². The van der Waals surface area contributed by atoms with Crippen LogP contribution in [0, 0.1) is 19.8 Å². The molecule has 0 bridgehead atoms. The molecule has 0 spiro atoms. The van der Waals surface area contributed by atoms with Crippen LogP contribution >= 0.6 is 0 Å². The number of aromatic nitrogens is 1. The first-order chi connectivity index (χ1) is 19.9. The van der Waals surface area contributed by atoms with E-state index in [0.29, 0.717) is 25.4 Å². The second kappa shape index (κ2) is 13.4. The Hall–Kier alpha value is -3.49. The highest BCUT2D eigenvalue weighted by atomic mass is 16.5. The lowest BCUT2D eigenvalue weighted by atomic mass is 9.90. The van der Waals surface area contributed by atoms with Gasteiger partial charge in [0.25, 0.3) is 0 Å². The summed E-state index contributed by atoms with van der Waals surface area (Å²) in [4.78, 5) is 19.9. The standard InChI is InChI=1S/C33H42N4O4/c1-22-20-27-10-11-28(40-17-5-14-37-15-18-39-19-16-37)21-29(27)33(35-30(22)12-13-31(38)34-4)26-8-6-25(7-9-26)32-23(2)36-41-24(32)3/h6-11,21-22,30H,5,12-20H2,1-4H3,(H,34,38). The summed E-state index contributed by atoms with van der Waals surface area (Å²) in [5, 5.41) is 6.87. The van der Waals surface area contributed by atoms with Gasteiger partial charge in [0.05, 0.1) is 37.3 Å². The first kappa shape index (κ1) is 29.0. The van der Waals surface area contributed by atoms with Crippen LogP contribution in [0.3, 0.4) is 0 Å². The molecule has 1 fully saturated rings.